The van der Waals surface area contributed by atoms with Gasteiger partial charge in [0.15, 0.2) is 0 Å². The van der Waals surface area contributed by atoms with Gasteiger partial charge in [-0.3, -0.25) is 4.79 Å². The molecule has 1 aliphatic carbocycles. The molecule has 2 heterocycles. The normalized spacial score (nSPS) is 20.1. The largest absolute Gasteiger partial charge is 0.481 e. The smallest absolute Gasteiger partial charge is 0.308 e. The van der Waals surface area contributed by atoms with Gasteiger partial charge in [-0.15, -0.1) is 0 Å². The Kier molecular flexibility index (Phi) is 2.84. The highest BCUT2D eigenvalue weighted by Gasteiger charge is 2.25. The number of hydrogen-bond acceptors (Lipinski definition) is 2. The Balaban J connectivity index is 1.67. The first kappa shape index (κ1) is 12.6. The quantitative estimate of drug-likeness (QED) is 0.921. The summed E-state index contributed by atoms with van der Waals surface area (Å²) in [5.41, 5.74) is 5.05. The first-order chi connectivity index (χ1) is 10.2. The number of hydrogen-bond donors (Lipinski definition) is 1. The predicted octanol–water partition coefficient (Wildman–Crippen LogP) is 2.69. The van der Waals surface area contributed by atoms with Crippen LogP contribution in [0.25, 0.3) is 11.3 Å². The second-order valence-corrected chi connectivity index (χ2v) is 6.11. The van der Waals surface area contributed by atoms with Gasteiger partial charge in [0.25, 0.3) is 0 Å². The van der Waals surface area contributed by atoms with Crippen LogP contribution in [0.1, 0.15) is 29.8 Å². The molecule has 1 aromatic carbocycles. The number of fused-ring (bicyclic) bond motifs is 2. The number of aryl methyl sites for hydroxylation is 3. The van der Waals surface area contributed by atoms with E-state index < -0.39 is 5.97 Å². The Morgan fingerprint density at radius 3 is 2.95 bits per heavy atom. The van der Waals surface area contributed by atoms with Crippen LogP contribution in [0.3, 0.4) is 0 Å². The summed E-state index contributed by atoms with van der Waals surface area (Å²) in [4.78, 5) is 15.8. The van der Waals surface area contributed by atoms with Crippen LogP contribution < -0.4 is 0 Å². The molecule has 4 nitrogen and oxygen atoms in total. The van der Waals surface area contributed by atoms with Gasteiger partial charge in [0.05, 0.1) is 11.6 Å². The highest BCUT2D eigenvalue weighted by molar-refractivity contribution is 5.70. The van der Waals surface area contributed by atoms with Gasteiger partial charge in [-0.2, -0.15) is 0 Å². The van der Waals surface area contributed by atoms with Crippen LogP contribution >= 0.6 is 0 Å². The molecule has 21 heavy (non-hydrogen) atoms. The lowest BCUT2D eigenvalue weighted by atomic mass is 10.00. The lowest BCUT2D eigenvalue weighted by molar-refractivity contribution is -0.142. The van der Waals surface area contributed by atoms with Gasteiger partial charge in [0, 0.05) is 24.7 Å². The van der Waals surface area contributed by atoms with E-state index in [4.69, 9.17) is 10.1 Å². The molecule has 0 fully saturated rings. The van der Waals surface area contributed by atoms with Gasteiger partial charge >= 0.3 is 5.97 Å². The second kappa shape index (κ2) is 4.72. The van der Waals surface area contributed by atoms with Crippen LogP contribution in [0.5, 0.6) is 0 Å². The first-order valence-corrected chi connectivity index (χ1v) is 7.62. The predicted molar refractivity (Wildman–Crippen MR) is 79.1 cm³/mol. The summed E-state index contributed by atoms with van der Waals surface area (Å²) in [6.07, 6.45) is 7.06. The number of benzene rings is 1. The van der Waals surface area contributed by atoms with Crippen molar-refractivity contribution in [3.05, 3.63) is 41.3 Å². The maximum absolute atomic E-state index is 11.1. The molecular formula is C17H18N2O2. The van der Waals surface area contributed by atoms with Gasteiger partial charge in [0.2, 0.25) is 0 Å². The number of carboxylic acids is 1. The Labute approximate surface area is 123 Å². The second-order valence-electron chi connectivity index (χ2n) is 6.11. The third-order valence-corrected chi connectivity index (χ3v) is 4.74. The summed E-state index contributed by atoms with van der Waals surface area (Å²) in [6, 6.07) is 6.62. The molecule has 4 heteroatoms. The van der Waals surface area contributed by atoms with Crippen molar-refractivity contribution in [3.8, 4) is 11.3 Å². The van der Waals surface area contributed by atoms with Crippen molar-refractivity contribution in [1.82, 2.24) is 9.55 Å². The van der Waals surface area contributed by atoms with Crippen molar-refractivity contribution >= 4 is 5.97 Å². The number of nitrogens with zero attached hydrogens (tertiary/aromatic N) is 2. The van der Waals surface area contributed by atoms with E-state index in [0.29, 0.717) is 13.0 Å². The van der Waals surface area contributed by atoms with E-state index in [2.05, 4.69) is 18.2 Å². The lowest BCUT2D eigenvalue weighted by Crippen LogP contribution is -2.26. The van der Waals surface area contributed by atoms with Gasteiger partial charge in [-0.1, -0.05) is 12.1 Å². The number of aromatic nitrogens is 2. The van der Waals surface area contributed by atoms with Crippen LogP contribution in [-0.2, 0) is 30.6 Å². The molecule has 4 rings (SSSR count). The highest BCUT2D eigenvalue weighted by atomic mass is 16.4. The zero-order valence-electron chi connectivity index (χ0n) is 11.9. The topological polar surface area (TPSA) is 55.1 Å². The molecule has 0 spiro atoms. The SMILES string of the molecule is O=C(O)C1CCc2nc(-c3ccc4c(c3)CCC4)cn2C1. The fourth-order valence-corrected chi connectivity index (χ4v) is 3.52. The first-order valence-electron chi connectivity index (χ1n) is 7.62. The third-order valence-electron chi connectivity index (χ3n) is 4.74. The van der Waals surface area contributed by atoms with Gasteiger partial charge in [-0.25, -0.2) is 4.98 Å². The number of carbonyl (C=O) groups is 1. The molecule has 1 unspecified atom stereocenters. The molecule has 2 aliphatic rings. The monoisotopic (exact) mass is 282 g/mol. The summed E-state index contributed by atoms with van der Waals surface area (Å²) in [5.74, 6) is 0.0380. The Bertz CT molecular complexity index is 718. The fraction of sp³-hybridized carbons (Fsp3) is 0.412. The van der Waals surface area contributed by atoms with E-state index in [9.17, 15) is 4.79 Å². The van der Waals surface area contributed by atoms with E-state index in [1.807, 2.05) is 10.8 Å². The molecule has 0 amide bonds. The van der Waals surface area contributed by atoms with Crippen molar-refractivity contribution in [2.45, 2.75) is 38.6 Å². The average Bonchev–Trinajstić information content (AvgIpc) is 3.11. The molecule has 1 aromatic heterocycles. The lowest BCUT2D eigenvalue weighted by Gasteiger charge is -2.19. The standard InChI is InChI=1S/C17H18N2O2/c20-17(21)14-6-7-16-18-15(10-19(16)9-14)13-5-4-11-2-1-3-12(11)8-13/h4-5,8,10,14H,1-3,6-7,9H2,(H,20,21). The van der Waals surface area contributed by atoms with Crippen LogP contribution in [0.4, 0.5) is 0 Å². The number of carboxylic acid groups (broad SMARTS) is 1. The van der Waals surface area contributed by atoms with E-state index in [0.717, 1.165) is 29.9 Å². The van der Waals surface area contributed by atoms with Gasteiger partial charge in [0.1, 0.15) is 5.82 Å². The van der Waals surface area contributed by atoms with E-state index >= 15 is 0 Å². The molecule has 1 N–H and O–H groups in total. The summed E-state index contributed by atoms with van der Waals surface area (Å²) < 4.78 is 2.02. The summed E-state index contributed by atoms with van der Waals surface area (Å²) >= 11 is 0. The van der Waals surface area contributed by atoms with Crippen molar-refractivity contribution < 1.29 is 9.90 Å². The van der Waals surface area contributed by atoms with Crippen LogP contribution in [0.2, 0.25) is 0 Å². The maximum atomic E-state index is 11.1. The number of imidazole rings is 1. The van der Waals surface area contributed by atoms with E-state index in [1.54, 1.807) is 0 Å². The molecule has 0 saturated heterocycles. The van der Waals surface area contributed by atoms with Crippen molar-refractivity contribution in [1.29, 1.82) is 0 Å². The Hall–Kier alpha value is -2.10. The molecule has 0 bridgehead atoms. The number of rotatable bonds is 2. The minimum atomic E-state index is -0.701. The van der Waals surface area contributed by atoms with Crippen LogP contribution in [0.15, 0.2) is 24.4 Å². The van der Waals surface area contributed by atoms with E-state index in [-0.39, 0.29) is 5.92 Å². The minimum absolute atomic E-state index is 0.278. The molecule has 0 radical (unpaired) electrons. The van der Waals surface area contributed by atoms with Crippen molar-refractivity contribution in [3.63, 3.8) is 0 Å². The van der Waals surface area contributed by atoms with Gasteiger partial charge < -0.3 is 9.67 Å². The average molecular weight is 282 g/mol. The Morgan fingerprint density at radius 1 is 1.24 bits per heavy atom. The summed E-state index contributed by atoms with van der Waals surface area (Å²) in [7, 11) is 0. The molecule has 0 saturated carbocycles. The molecule has 1 atom stereocenters. The van der Waals surface area contributed by atoms with Crippen molar-refractivity contribution in [2.75, 3.05) is 0 Å². The zero-order valence-corrected chi connectivity index (χ0v) is 11.9. The Morgan fingerprint density at radius 2 is 2.10 bits per heavy atom. The molecule has 108 valence electrons. The van der Waals surface area contributed by atoms with Crippen molar-refractivity contribution in [2.24, 2.45) is 5.92 Å². The minimum Gasteiger partial charge on any atom is -0.481 e. The van der Waals surface area contributed by atoms with E-state index in [1.165, 1.54) is 24.0 Å². The number of aliphatic carboxylic acids is 1. The highest BCUT2D eigenvalue weighted by Crippen LogP contribution is 2.29. The van der Waals surface area contributed by atoms with Crippen LogP contribution in [0, 0.1) is 5.92 Å². The zero-order chi connectivity index (χ0) is 14.4. The molecule has 1 aliphatic heterocycles. The fourth-order valence-electron chi connectivity index (χ4n) is 3.52. The third kappa shape index (κ3) is 2.15. The molecule has 2 aromatic rings. The van der Waals surface area contributed by atoms with Crippen LogP contribution in [-0.4, -0.2) is 20.6 Å². The maximum Gasteiger partial charge on any atom is 0.308 e. The molecular weight excluding hydrogens is 264 g/mol. The van der Waals surface area contributed by atoms with Gasteiger partial charge in [-0.05, 0) is 42.9 Å². The summed E-state index contributed by atoms with van der Waals surface area (Å²) in [6.45, 7) is 0.544. The summed E-state index contributed by atoms with van der Waals surface area (Å²) in [5, 5.41) is 9.16.